The van der Waals surface area contributed by atoms with E-state index in [2.05, 4.69) is 53.0 Å². The standard InChI is InChI=1S/C15H25BrN2O/c1-4-13(17)10-12-6-7-14(11-15(12)16)18(2)8-5-9-19-3/h6-7,11,13H,4-5,8-10,17H2,1-3H3. The monoisotopic (exact) mass is 328 g/mol. The lowest BCUT2D eigenvalue weighted by molar-refractivity contribution is 0.196. The highest BCUT2D eigenvalue weighted by Crippen LogP contribution is 2.25. The molecule has 19 heavy (non-hydrogen) atoms. The van der Waals surface area contributed by atoms with E-state index in [-0.39, 0.29) is 6.04 Å². The molecule has 3 nitrogen and oxygen atoms in total. The summed E-state index contributed by atoms with van der Waals surface area (Å²) in [6.45, 7) is 3.92. The van der Waals surface area contributed by atoms with Crippen LogP contribution in [0.25, 0.3) is 0 Å². The van der Waals surface area contributed by atoms with Gasteiger partial charge in [0.05, 0.1) is 0 Å². The Bertz CT molecular complexity index is 384. The fraction of sp³-hybridized carbons (Fsp3) is 0.600. The lowest BCUT2D eigenvalue weighted by Gasteiger charge is -2.20. The molecule has 0 fully saturated rings. The number of nitrogens with two attached hydrogens (primary N) is 1. The lowest BCUT2D eigenvalue weighted by Crippen LogP contribution is -2.22. The van der Waals surface area contributed by atoms with Crippen molar-refractivity contribution >= 4 is 21.6 Å². The third kappa shape index (κ3) is 5.51. The molecule has 0 aliphatic rings. The zero-order chi connectivity index (χ0) is 14.3. The summed E-state index contributed by atoms with van der Waals surface area (Å²) >= 11 is 3.65. The van der Waals surface area contributed by atoms with Crippen molar-refractivity contribution in [2.75, 3.05) is 32.2 Å². The lowest BCUT2D eigenvalue weighted by atomic mass is 10.0. The minimum atomic E-state index is 0.238. The molecule has 0 aliphatic carbocycles. The molecule has 0 radical (unpaired) electrons. The van der Waals surface area contributed by atoms with Gasteiger partial charge in [-0.15, -0.1) is 0 Å². The van der Waals surface area contributed by atoms with E-state index in [0.717, 1.165) is 36.9 Å². The maximum atomic E-state index is 6.01. The van der Waals surface area contributed by atoms with Crippen molar-refractivity contribution < 1.29 is 4.74 Å². The first-order valence-corrected chi connectivity index (χ1v) is 7.61. The second-order valence-corrected chi connectivity index (χ2v) is 5.77. The zero-order valence-electron chi connectivity index (χ0n) is 12.2. The molecule has 0 amide bonds. The van der Waals surface area contributed by atoms with Gasteiger partial charge in [0.25, 0.3) is 0 Å². The van der Waals surface area contributed by atoms with Crippen LogP contribution in [-0.2, 0) is 11.2 Å². The van der Waals surface area contributed by atoms with Crippen molar-refractivity contribution in [2.45, 2.75) is 32.2 Å². The fourth-order valence-corrected chi connectivity index (χ4v) is 2.47. The summed E-state index contributed by atoms with van der Waals surface area (Å²) in [7, 11) is 3.84. The molecular formula is C15H25BrN2O. The van der Waals surface area contributed by atoms with Crippen LogP contribution in [0.1, 0.15) is 25.3 Å². The van der Waals surface area contributed by atoms with Crippen LogP contribution < -0.4 is 10.6 Å². The summed E-state index contributed by atoms with van der Waals surface area (Å²) in [6.07, 6.45) is 2.96. The molecule has 1 aromatic rings. The van der Waals surface area contributed by atoms with E-state index in [9.17, 15) is 0 Å². The van der Waals surface area contributed by atoms with Crippen LogP contribution in [0.4, 0.5) is 5.69 Å². The minimum Gasteiger partial charge on any atom is -0.385 e. The van der Waals surface area contributed by atoms with Gasteiger partial charge in [0, 0.05) is 43.5 Å². The highest BCUT2D eigenvalue weighted by atomic mass is 79.9. The molecule has 0 saturated heterocycles. The van der Waals surface area contributed by atoms with Crippen molar-refractivity contribution in [3.8, 4) is 0 Å². The quantitative estimate of drug-likeness (QED) is 0.745. The summed E-state index contributed by atoms with van der Waals surface area (Å²) in [6, 6.07) is 6.74. The number of benzene rings is 1. The Morgan fingerprint density at radius 3 is 2.74 bits per heavy atom. The van der Waals surface area contributed by atoms with Crippen molar-refractivity contribution in [2.24, 2.45) is 5.73 Å². The number of ether oxygens (including phenoxy) is 1. The van der Waals surface area contributed by atoms with Crippen molar-refractivity contribution in [3.63, 3.8) is 0 Å². The van der Waals surface area contributed by atoms with E-state index >= 15 is 0 Å². The van der Waals surface area contributed by atoms with Crippen molar-refractivity contribution in [1.82, 2.24) is 0 Å². The molecule has 1 rings (SSSR count). The predicted octanol–water partition coefficient (Wildman–Crippen LogP) is 3.20. The van der Waals surface area contributed by atoms with E-state index in [1.807, 2.05) is 0 Å². The van der Waals surface area contributed by atoms with Gasteiger partial charge in [-0.2, -0.15) is 0 Å². The molecule has 1 aromatic carbocycles. The zero-order valence-corrected chi connectivity index (χ0v) is 13.7. The Morgan fingerprint density at radius 1 is 1.42 bits per heavy atom. The maximum absolute atomic E-state index is 6.01. The van der Waals surface area contributed by atoms with Crippen LogP contribution in [0.3, 0.4) is 0 Å². The molecular weight excluding hydrogens is 304 g/mol. The van der Waals surface area contributed by atoms with Crippen LogP contribution in [0.15, 0.2) is 22.7 Å². The Morgan fingerprint density at radius 2 is 2.16 bits per heavy atom. The number of anilines is 1. The number of hydrogen-bond acceptors (Lipinski definition) is 3. The molecule has 1 atom stereocenters. The van der Waals surface area contributed by atoms with Gasteiger partial charge in [-0.05, 0) is 37.0 Å². The van der Waals surface area contributed by atoms with Crippen molar-refractivity contribution in [3.05, 3.63) is 28.2 Å². The number of halogens is 1. The van der Waals surface area contributed by atoms with E-state index in [0.29, 0.717) is 0 Å². The Hall–Kier alpha value is -0.580. The average molecular weight is 329 g/mol. The molecule has 0 bridgehead atoms. The summed E-state index contributed by atoms with van der Waals surface area (Å²) < 4.78 is 6.22. The first-order chi connectivity index (χ1) is 9.08. The number of rotatable bonds is 8. The van der Waals surface area contributed by atoms with Gasteiger partial charge in [-0.25, -0.2) is 0 Å². The first-order valence-electron chi connectivity index (χ1n) is 6.82. The maximum Gasteiger partial charge on any atom is 0.0479 e. The van der Waals surface area contributed by atoms with E-state index < -0.39 is 0 Å². The van der Waals surface area contributed by atoms with Gasteiger partial charge < -0.3 is 15.4 Å². The van der Waals surface area contributed by atoms with Gasteiger partial charge >= 0.3 is 0 Å². The first kappa shape index (κ1) is 16.5. The largest absolute Gasteiger partial charge is 0.385 e. The van der Waals surface area contributed by atoms with Crippen LogP contribution in [0.2, 0.25) is 0 Å². The van der Waals surface area contributed by atoms with Crippen LogP contribution in [-0.4, -0.2) is 33.4 Å². The van der Waals surface area contributed by atoms with E-state index in [4.69, 9.17) is 10.5 Å². The smallest absolute Gasteiger partial charge is 0.0479 e. The topological polar surface area (TPSA) is 38.5 Å². The van der Waals surface area contributed by atoms with Gasteiger partial charge in [-0.1, -0.05) is 28.9 Å². The fourth-order valence-electron chi connectivity index (χ4n) is 1.94. The highest BCUT2D eigenvalue weighted by molar-refractivity contribution is 9.10. The van der Waals surface area contributed by atoms with Gasteiger partial charge in [0.1, 0.15) is 0 Å². The highest BCUT2D eigenvalue weighted by Gasteiger charge is 2.08. The molecule has 2 N–H and O–H groups in total. The molecule has 108 valence electrons. The Labute approximate surface area is 125 Å². The minimum absolute atomic E-state index is 0.238. The molecule has 0 saturated carbocycles. The number of hydrogen-bond donors (Lipinski definition) is 1. The predicted molar refractivity (Wildman–Crippen MR) is 85.9 cm³/mol. The molecule has 0 spiro atoms. The molecule has 4 heteroatoms. The third-order valence-electron chi connectivity index (χ3n) is 3.33. The second kappa shape index (κ2) is 8.56. The average Bonchev–Trinajstić information content (AvgIpc) is 2.41. The third-order valence-corrected chi connectivity index (χ3v) is 4.06. The Kier molecular flexibility index (Phi) is 7.42. The molecule has 0 aromatic heterocycles. The van der Waals surface area contributed by atoms with Crippen LogP contribution >= 0.6 is 15.9 Å². The second-order valence-electron chi connectivity index (χ2n) is 4.92. The summed E-state index contributed by atoms with van der Waals surface area (Å²) in [4.78, 5) is 2.24. The molecule has 1 unspecified atom stereocenters. The van der Waals surface area contributed by atoms with Crippen LogP contribution in [0.5, 0.6) is 0 Å². The molecule has 0 heterocycles. The number of nitrogens with zero attached hydrogens (tertiary/aromatic N) is 1. The van der Waals surface area contributed by atoms with E-state index in [1.165, 1.54) is 11.3 Å². The van der Waals surface area contributed by atoms with E-state index in [1.54, 1.807) is 7.11 Å². The SMILES string of the molecule is CCC(N)Cc1ccc(N(C)CCCOC)cc1Br. The Balaban J connectivity index is 2.65. The molecule has 0 aliphatic heterocycles. The summed E-state index contributed by atoms with van der Waals surface area (Å²) in [5, 5.41) is 0. The summed E-state index contributed by atoms with van der Waals surface area (Å²) in [5.41, 5.74) is 8.51. The van der Waals surface area contributed by atoms with Gasteiger partial charge in [0.2, 0.25) is 0 Å². The normalized spacial score (nSPS) is 12.5. The van der Waals surface area contributed by atoms with Gasteiger partial charge in [-0.3, -0.25) is 0 Å². The van der Waals surface area contributed by atoms with Gasteiger partial charge in [0.15, 0.2) is 0 Å². The van der Waals surface area contributed by atoms with Crippen LogP contribution in [0, 0.1) is 0 Å². The summed E-state index contributed by atoms with van der Waals surface area (Å²) in [5.74, 6) is 0. The van der Waals surface area contributed by atoms with Crippen molar-refractivity contribution in [1.29, 1.82) is 0 Å². The number of methoxy groups -OCH3 is 1.